The lowest BCUT2D eigenvalue weighted by Gasteiger charge is -2.04. The van der Waals surface area contributed by atoms with E-state index in [2.05, 4.69) is 10.1 Å². The maximum atomic E-state index is 13.3. The summed E-state index contributed by atoms with van der Waals surface area (Å²) in [5, 5.41) is 9.36. The Morgan fingerprint density at radius 1 is 0.946 bits per heavy atom. The molecule has 0 saturated carbocycles. The minimum Gasteiger partial charge on any atom is -0.494 e. The van der Waals surface area contributed by atoms with Crippen molar-refractivity contribution in [1.82, 2.24) is 24.4 Å². The van der Waals surface area contributed by atoms with E-state index in [-0.39, 0.29) is 5.56 Å². The van der Waals surface area contributed by atoms with Gasteiger partial charge in [0.25, 0.3) is 5.56 Å². The number of aryl methyl sites for hydroxylation is 1. The molecule has 0 aliphatic carbocycles. The molecule has 3 heterocycles. The molecule has 0 bridgehead atoms. The highest BCUT2D eigenvalue weighted by molar-refractivity contribution is 7.15. The number of fused-ring (bicyclic) bond motifs is 1. The fraction of sp³-hybridized carbons (Fsp3) is 0.103. The number of ether oxygens (including phenoxy) is 1. The Kier molecular flexibility index (Phi) is 5.86. The monoisotopic (exact) mass is 505 g/mol. The number of benzene rings is 3. The SMILES string of the molecule is CCOc1ccc(-c2nn(-c3ccccc3)cc2C=c2sc3nc(-c4cccc(C)c4)nn3c2=O)cc1. The van der Waals surface area contributed by atoms with Gasteiger partial charge in [0.05, 0.1) is 16.8 Å². The first kappa shape index (κ1) is 22.9. The van der Waals surface area contributed by atoms with E-state index in [0.29, 0.717) is 21.9 Å². The molecule has 3 aromatic carbocycles. The van der Waals surface area contributed by atoms with Gasteiger partial charge in [0.1, 0.15) is 11.4 Å². The Bertz CT molecular complexity index is 1820. The number of hydrogen-bond acceptors (Lipinski definition) is 6. The standard InChI is InChI=1S/C29H23N5O2S/c1-3-36-24-14-12-20(13-15-24)26-22(18-33(31-26)23-10-5-4-6-11-23)17-25-28(35)34-29(37-25)30-27(32-34)21-9-7-8-19(2)16-21/h4-18H,3H2,1-2H3. The molecule has 0 unspecified atom stereocenters. The molecule has 0 spiro atoms. The lowest BCUT2D eigenvalue weighted by molar-refractivity contribution is 0.340. The third kappa shape index (κ3) is 4.43. The highest BCUT2D eigenvalue weighted by Gasteiger charge is 2.15. The third-order valence-corrected chi connectivity index (χ3v) is 6.91. The molecule has 0 aliphatic rings. The van der Waals surface area contributed by atoms with Crippen LogP contribution < -0.4 is 14.8 Å². The van der Waals surface area contributed by atoms with E-state index < -0.39 is 0 Å². The minimum atomic E-state index is -0.198. The molecule has 0 N–H and O–H groups in total. The van der Waals surface area contributed by atoms with Crippen molar-refractivity contribution in [2.45, 2.75) is 13.8 Å². The van der Waals surface area contributed by atoms with Gasteiger partial charge in [-0.3, -0.25) is 4.79 Å². The molecule has 8 heteroatoms. The second-order valence-corrected chi connectivity index (χ2v) is 9.59. The summed E-state index contributed by atoms with van der Waals surface area (Å²) < 4.78 is 9.35. The van der Waals surface area contributed by atoms with Crippen molar-refractivity contribution in [3.8, 4) is 34.1 Å². The molecule has 0 atom stereocenters. The molecule has 0 fully saturated rings. The lowest BCUT2D eigenvalue weighted by atomic mass is 10.1. The largest absolute Gasteiger partial charge is 0.494 e. The Balaban J connectivity index is 1.46. The second-order valence-electron chi connectivity index (χ2n) is 8.59. The van der Waals surface area contributed by atoms with Gasteiger partial charge in [-0.1, -0.05) is 53.3 Å². The predicted octanol–water partition coefficient (Wildman–Crippen LogP) is 4.93. The first-order valence-corrected chi connectivity index (χ1v) is 12.8. The van der Waals surface area contributed by atoms with Crippen molar-refractivity contribution < 1.29 is 4.74 Å². The summed E-state index contributed by atoms with van der Waals surface area (Å²) in [4.78, 5) is 18.5. The van der Waals surface area contributed by atoms with Crippen LogP contribution in [0.1, 0.15) is 18.1 Å². The molecule has 7 nitrogen and oxygen atoms in total. The average Bonchev–Trinajstić information content (AvgIpc) is 3.61. The van der Waals surface area contributed by atoms with Gasteiger partial charge in [-0.2, -0.15) is 14.6 Å². The number of para-hydroxylation sites is 1. The topological polar surface area (TPSA) is 74.3 Å². The summed E-state index contributed by atoms with van der Waals surface area (Å²) in [6.07, 6.45) is 3.81. The summed E-state index contributed by atoms with van der Waals surface area (Å²) in [5.41, 5.74) is 5.27. The molecular weight excluding hydrogens is 482 g/mol. The van der Waals surface area contributed by atoms with Crippen molar-refractivity contribution in [2.75, 3.05) is 6.61 Å². The average molecular weight is 506 g/mol. The molecule has 3 aromatic heterocycles. The van der Waals surface area contributed by atoms with Crippen molar-refractivity contribution in [1.29, 1.82) is 0 Å². The van der Waals surface area contributed by atoms with Crippen LogP contribution in [0, 0.1) is 6.92 Å². The molecule has 0 aliphatic heterocycles. The zero-order chi connectivity index (χ0) is 25.4. The Morgan fingerprint density at radius 2 is 1.76 bits per heavy atom. The Morgan fingerprint density at radius 3 is 2.49 bits per heavy atom. The molecule has 0 radical (unpaired) electrons. The molecule has 6 aromatic rings. The minimum absolute atomic E-state index is 0.198. The van der Waals surface area contributed by atoms with E-state index in [1.165, 1.54) is 15.9 Å². The van der Waals surface area contributed by atoms with Gasteiger partial charge in [0.2, 0.25) is 4.96 Å². The van der Waals surface area contributed by atoms with Crippen LogP contribution >= 0.6 is 11.3 Å². The van der Waals surface area contributed by atoms with E-state index >= 15 is 0 Å². The van der Waals surface area contributed by atoms with Crippen molar-refractivity contribution in [2.24, 2.45) is 0 Å². The van der Waals surface area contributed by atoms with Crippen LogP contribution in [0.3, 0.4) is 0 Å². The van der Waals surface area contributed by atoms with E-state index in [4.69, 9.17) is 9.84 Å². The summed E-state index contributed by atoms with van der Waals surface area (Å²) in [5.74, 6) is 1.35. The Labute approximate surface area is 216 Å². The number of hydrogen-bond donors (Lipinski definition) is 0. The van der Waals surface area contributed by atoms with Crippen LogP contribution in [0.2, 0.25) is 0 Å². The quantitative estimate of drug-likeness (QED) is 0.321. The van der Waals surface area contributed by atoms with Gasteiger partial charge in [0, 0.05) is 22.9 Å². The molecular formula is C29H23N5O2S. The van der Waals surface area contributed by atoms with Gasteiger partial charge in [0.15, 0.2) is 5.82 Å². The van der Waals surface area contributed by atoms with Crippen molar-refractivity contribution >= 4 is 22.4 Å². The number of nitrogens with zero attached hydrogens (tertiary/aromatic N) is 5. The predicted molar refractivity (Wildman–Crippen MR) is 146 cm³/mol. The van der Waals surface area contributed by atoms with Crippen LogP contribution in [-0.2, 0) is 0 Å². The van der Waals surface area contributed by atoms with Gasteiger partial charge in [-0.25, -0.2) is 4.68 Å². The zero-order valence-corrected chi connectivity index (χ0v) is 21.1. The molecule has 37 heavy (non-hydrogen) atoms. The van der Waals surface area contributed by atoms with Gasteiger partial charge >= 0.3 is 0 Å². The first-order chi connectivity index (χ1) is 18.1. The van der Waals surface area contributed by atoms with Crippen molar-refractivity contribution in [3.05, 3.63) is 111 Å². The molecule has 6 rings (SSSR count). The highest BCUT2D eigenvalue weighted by atomic mass is 32.1. The van der Waals surface area contributed by atoms with E-state index in [1.807, 2.05) is 110 Å². The summed E-state index contributed by atoms with van der Waals surface area (Å²) in [6, 6.07) is 25.7. The van der Waals surface area contributed by atoms with E-state index in [9.17, 15) is 4.79 Å². The first-order valence-electron chi connectivity index (χ1n) is 12.0. The van der Waals surface area contributed by atoms with Gasteiger partial charge < -0.3 is 4.74 Å². The zero-order valence-electron chi connectivity index (χ0n) is 20.3. The van der Waals surface area contributed by atoms with Crippen LogP contribution in [0.25, 0.3) is 39.4 Å². The van der Waals surface area contributed by atoms with Crippen LogP contribution in [0.15, 0.2) is 89.9 Å². The maximum Gasteiger partial charge on any atom is 0.291 e. The molecule has 182 valence electrons. The fourth-order valence-electron chi connectivity index (χ4n) is 4.19. The van der Waals surface area contributed by atoms with Gasteiger partial charge in [-0.05, 0) is 62.4 Å². The van der Waals surface area contributed by atoms with Crippen molar-refractivity contribution in [3.63, 3.8) is 0 Å². The molecule has 0 saturated heterocycles. The summed E-state index contributed by atoms with van der Waals surface area (Å²) in [6.45, 7) is 4.58. The van der Waals surface area contributed by atoms with E-state index in [1.54, 1.807) is 0 Å². The summed E-state index contributed by atoms with van der Waals surface area (Å²) >= 11 is 1.32. The third-order valence-electron chi connectivity index (χ3n) is 5.95. The van der Waals surface area contributed by atoms with Crippen LogP contribution in [-0.4, -0.2) is 31.0 Å². The van der Waals surface area contributed by atoms with Gasteiger partial charge in [-0.15, -0.1) is 5.10 Å². The maximum absolute atomic E-state index is 13.3. The number of thiazole rings is 1. The lowest BCUT2D eigenvalue weighted by Crippen LogP contribution is -2.23. The number of aromatic nitrogens is 5. The normalized spacial score (nSPS) is 11.9. The van der Waals surface area contributed by atoms with Crippen LogP contribution in [0.5, 0.6) is 5.75 Å². The molecule has 0 amide bonds. The Hall–Kier alpha value is -4.56. The van der Waals surface area contributed by atoms with Crippen LogP contribution in [0.4, 0.5) is 0 Å². The number of rotatable bonds is 6. The summed E-state index contributed by atoms with van der Waals surface area (Å²) in [7, 11) is 0. The second kappa shape index (κ2) is 9.48. The highest BCUT2D eigenvalue weighted by Crippen LogP contribution is 2.27. The van der Waals surface area contributed by atoms with E-state index in [0.717, 1.165) is 39.4 Å². The fourth-order valence-corrected chi connectivity index (χ4v) is 5.09. The smallest absolute Gasteiger partial charge is 0.291 e.